The summed E-state index contributed by atoms with van der Waals surface area (Å²) in [4.78, 5) is 5.03. The standard InChI is InChI=1S/C22H25N5/c1-14-12-15(2)26(24-14)19-13-18(22(4,5)6)23-21-20(16(3)25-27(19)21)17-10-8-7-9-11-17/h7-13H,1-6H3. The van der Waals surface area contributed by atoms with E-state index in [4.69, 9.17) is 15.2 Å². The van der Waals surface area contributed by atoms with Crippen LogP contribution in [0.2, 0.25) is 0 Å². The molecule has 4 rings (SSSR count). The third-order valence-corrected chi connectivity index (χ3v) is 4.80. The van der Waals surface area contributed by atoms with Gasteiger partial charge in [-0.1, -0.05) is 51.1 Å². The molecule has 0 saturated heterocycles. The zero-order valence-corrected chi connectivity index (χ0v) is 16.8. The van der Waals surface area contributed by atoms with Crippen molar-refractivity contribution in [2.45, 2.75) is 47.0 Å². The summed E-state index contributed by atoms with van der Waals surface area (Å²) in [5.74, 6) is 0.917. The quantitative estimate of drug-likeness (QED) is 0.516. The van der Waals surface area contributed by atoms with Crippen LogP contribution in [0.4, 0.5) is 0 Å². The van der Waals surface area contributed by atoms with Gasteiger partial charge < -0.3 is 0 Å². The van der Waals surface area contributed by atoms with E-state index in [2.05, 4.69) is 52.0 Å². The van der Waals surface area contributed by atoms with Crippen LogP contribution in [-0.4, -0.2) is 24.4 Å². The Morgan fingerprint density at radius 3 is 2.19 bits per heavy atom. The van der Waals surface area contributed by atoms with E-state index in [0.717, 1.165) is 45.4 Å². The summed E-state index contributed by atoms with van der Waals surface area (Å²) in [6.45, 7) is 12.7. The Kier molecular flexibility index (Phi) is 3.91. The second kappa shape index (κ2) is 6.05. The second-order valence-corrected chi connectivity index (χ2v) is 8.15. The SMILES string of the molecule is Cc1cc(C)n(-c2cc(C(C)(C)C)nc3c(-c4ccccc4)c(C)nn23)n1. The molecule has 138 valence electrons. The van der Waals surface area contributed by atoms with Gasteiger partial charge in [0.1, 0.15) is 0 Å². The fraction of sp³-hybridized carbons (Fsp3) is 0.318. The lowest BCUT2D eigenvalue weighted by molar-refractivity contribution is 0.565. The normalized spacial score (nSPS) is 12.1. The second-order valence-electron chi connectivity index (χ2n) is 8.15. The smallest absolute Gasteiger partial charge is 0.165 e. The lowest BCUT2D eigenvalue weighted by Crippen LogP contribution is -2.17. The minimum absolute atomic E-state index is 0.0846. The summed E-state index contributed by atoms with van der Waals surface area (Å²) in [6.07, 6.45) is 0. The maximum Gasteiger partial charge on any atom is 0.165 e. The molecule has 27 heavy (non-hydrogen) atoms. The van der Waals surface area contributed by atoms with Crippen LogP contribution in [0.15, 0.2) is 42.5 Å². The van der Waals surface area contributed by atoms with Crippen molar-refractivity contribution in [3.8, 4) is 16.9 Å². The number of hydrogen-bond acceptors (Lipinski definition) is 3. The number of benzene rings is 1. The van der Waals surface area contributed by atoms with E-state index in [0.29, 0.717) is 0 Å². The van der Waals surface area contributed by atoms with Crippen LogP contribution in [0, 0.1) is 20.8 Å². The Morgan fingerprint density at radius 1 is 0.889 bits per heavy atom. The van der Waals surface area contributed by atoms with E-state index in [1.165, 1.54) is 0 Å². The fourth-order valence-corrected chi connectivity index (χ4v) is 3.45. The number of aromatic nitrogens is 5. The summed E-state index contributed by atoms with van der Waals surface area (Å²) in [7, 11) is 0. The van der Waals surface area contributed by atoms with E-state index in [9.17, 15) is 0 Å². The van der Waals surface area contributed by atoms with Crippen LogP contribution in [0.3, 0.4) is 0 Å². The zero-order chi connectivity index (χ0) is 19.3. The Morgan fingerprint density at radius 2 is 1.59 bits per heavy atom. The number of nitrogens with zero attached hydrogens (tertiary/aromatic N) is 5. The van der Waals surface area contributed by atoms with E-state index in [1.807, 2.05) is 41.2 Å². The van der Waals surface area contributed by atoms with Crippen LogP contribution < -0.4 is 0 Å². The highest BCUT2D eigenvalue weighted by atomic mass is 15.4. The first-order valence-electron chi connectivity index (χ1n) is 9.25. The lowest BCUT2D eigenvalue weighted by Gasteiger charge is -2.20. The van der Waals surface area contributed by atoms with Crippen LogP contribution in [0.5, 0.6) is 0 Å². The molecule has 0 aliphatic carbocycles. The molecular formula is C22H25N5. The highest BCUT2D eigenvalue weighted by molar-refractivity contribution is 5.80. The minimum Gasteiger partial charge on any atom is -0.232 e. The molecule has 3 aromatic heterocycles. The Hall–Kier alpha value is -2.95. The number of aryl methyl sites for hydroxylation is 3. The highest BCUT2D eigenvalue weighted by Crippen LogP contribution is 2.31. The predicted octanol–water partition coefficient (Wildman–Crippen LogP) is 4.80. The first kappa shape index (κ1) is 17.5. The molecule has 0 amide bonds. The van der Waals surface area contributed by atoms with Gasteiger partial charge in [0, 0.05) is 22.7 Å². The molecule has 0 bridgehead atoms. The van der Waals surface area contributed by atoms with Crippen molar-refractivity contribution in [2.24, 2.45) is 0 Å². The van der Waals surface area contributed by atoms with Crippen molar-refractivity contribution in [3.05, 3.63) is 65.2 Å². The molecule has 0 spiro atoms. The van der Waals surface area contributed by atoms with Crippen LogP contribution >= 0.6 is 0 Å². The first-order valence-corrected chi connectivity index (χ1v) is 9.25. The van der Waals surface area contributed by atoms with Crippen molar-refractivity contribution in [1.29, 1.82) is 0 Å². The van der Waals surface area contributed by atoms with Crippen molar-refractivity contribution < 1.29 is 0 Å². The molecule has 0 aliphatic rings. The van der Waals surface area contributed by atoms with Gasteiger partial charge in [-0.15, -0.1) is 0 Å². The van der Waals surface area contributed by atoms with Gasteiger partial charge in [-0.2, -0.15) is 14.7 Å². The third kappa shape index (κ3) is 2.93. The lowest BCUT2D eigenvalue weighted by atomic mass is 9.92. The molecule has 1 aromatic carbocycles. The topological polar surface area (TPSA) is 48.0 Å². The number of rotatable bonds is 2. The molecule has 4 aromatic rings. The Labute approximate surface area is 159 Å². The molecule has 0 unspecified atom stereocenters. The summed E-state index contributed by atoms with van der Waals surface area (Å²) < 4.78 is 3.88. The van der Waals surface area contributed by atoms with Crippen molar-refractivity contribution >= 4 is 5.65 Å². The Bertz CT molecular complexity index is 1130. The molecule has 0 saturated carbocycles. The summed E-state index contributed by atoms with van der Waals surface area (Å²) in [5.41, 5.74) is 7.04. The molecular weight excluding hydrogens is 334 g/mol. The molecule has 5 heteroatoms. The summed E-state index contributed by atoms with van der Waals surface area (Å²) in [5, 5.41) is 9.53. The van der Waals surface area contributed by atoms with Crippen LogP contribution in [0.1, 0.15) is 43.5 Å². The zero-order valence-electron chi connectivity index (χ0n) is 16.8. The van der Waals surface area contributed by atoms with Gasteiger partial charge in [-0.05, 0) is 32.4 Å². The molecule has 0 fully saturated rings. The van der Waals surface area contributed by atoms with Gasteiger partial charge in [-0.25, -0.2) is 9.67 Å². The average Bonchev–Trinajstić information content (AvgIpc) is 3.11. The van der Waals surface area contributed by atoms with Crippen molar-refractivity contribution in [2.75, 3.05) is 0 Å². The van der Waals surface area contributed by atoms with Gasteiger partial charge in [0.05, 0.1) is 17.1 Å². The molecule has 0 radical (unpaired) electrons. The maximum atomic E-state index is 5.03. The van der Waals surface area contributed by atoms with Gasteiger partial charge in [-0.3, -0.25) is 0 Å². The molecule has 0 N–H and O–H groups in total. The van der Waals surface area contributed by atoms with Crippen molar-refractivity contribution in [3.63, 3.8) is 0 Å². The Balaban J connectivity index is 2.11. The van der Waals surface area contributed by atoms with E-state index in [1.54, 1.807) is 0 Å². The summed E-state index contributed by atoms with van der Waals surface area (Å²) in [6, 6.07) is 14.5. The highest BCUT2D eigenvalue weighted by Gasteiger charge is 2.23. The molecule has 3 heterocycles. The third-order valence-electron chi connectivity index (χ3n) is 4.80. The fourth-order valence-electron chi connectivity index (χ4n) is 3.45. The molecule has 0 atom stereocenters. The first-order chi connectivity index (χ1) is 12.8. The van der Waals surface area contributed by atoms with E-state index >= 15 is 0 Å². The average molecular weight is 359 g/mol. The largest absolute Gasteiger partial charge is 0.232 e. The molecule has 0 aliphatic heterocycles. The van der Waals surface area contributed by atoms with E-state index in [-0.39, 0.29) is 5.41 Å². The van der Waals surface area contributed by atoms with Gasteiger partial charge in [0.25, 0.3) is 0 Å². The predicted molar refractivity (Wildman–Crippen MR) is 108 cm³/mol. The van der Waals surface area contributed by atoms with Crippen molar-refractivity contribution in [1.82, 2.24) is 24.4 Å². The maximum absolute atomic E-state index is 5.03. The van der Waals surface area contributed by atoms with Gasteiger partial charge in [0.15, 0.2) is 11.5 Å². The monoisotopic (exact) mass is 359 g/mol. The summed E-state index contributed by atoms with van der Waals surface area (Å²) >= 11 is 0. The van der Waals surface area contributed by atoms with E-state index < -0.39 is 0 Å². The van der Waals surface area contributed by atoms with Crippen LogP contribution in [-0.2, 0) is 5.41 Å². The number of fused-ring (bicyclic) bond motifs is 1. The van der Waals surface area contributed by atoms with Gasteiger partial charge >= 0.3 is 0 Å². The van der Waals surface area contributed by atoms with Gasteiger partial charge in [0.2, 0.25) is 0 Å². The number of hydrogen-bond donors (Lipinski definition) is 0. The minimum atomic E-state index is -0.0846. The van der Waals surface area contributed by atoms with Crippen LogP contribution in [0.25, 0.3) is 22.6 Å². The molecule has 5 nitrogen and oxygen atoms in total.